The standard InChI is InChI=1S/C13H16N6/c1-3-9-10(4-1)14-7-16-13(9)19-6-2-5-11(19)12-15-8-17-18-12/h7-8,11H,1-6H2,(H,15,17,18)/t11-/m0/s1. The van der Waals surface area contributed by atoms with Gasteiger partial charge in [-0.15, -0.1) is 0 Å². The molecular formula is C13H16N6. The fourth-order valence-corrected chi connectivity index (χ4v) is 3.27. The molecular weight excluding hydrogens is 240 g/mol. The Balaban J connectivity index is 1.74. The maximum atomic E-state index is 4.55. The number of rotatable bonds is 2. The van der Waals surface area contributed by atoms with Gasteiger partial charge in [-0.05, 0) is 32.1 Å². The van der Waals surface area contributed by atoms with Crippen LogP contribution in [0.2, 0.25) is 0 Å². The molecule has 1 aliphatic heterocycles. The van der Waals surface area contributed by atoms with Crippen molar-refractivity contribution in [1.82, 2.24) is 25.1 Å². The Hall–Kier alpha value is -1.98. The summed E-state index contributed by atoms with van der Waals surface area (Å²) < 4.78 is 0. The number of aryl methyl sites for hydroxylation is 1. The van der Waals surface area contributed by atoms with Crippen LogP contribution in [0, 0.1) is 0 Å². The van der Waals surface area contributed by atoms with Gasteiger partial charge in [-0.3, -0.25) is 5.10 Å². The van der Waals surface area contributed by atoms with Crippen LogP contribution in [0.15, 0.2) is 12.7 Å². The summed E-state index contributed by atoms with van der Waals surface area (Å²) >= 11 is 0. The Morgan fingerprint density at radius 1 is 1.11 bits per heavy atom. The third-order valence-electron chi connectivity index (χ3n) is 4.13. The van der Waals surface area contributed by atoms with Gasteiger partial charge >= 0.3 is 0 Å². The van der Waals surface area contributed by atoms with E-state index >= 15 is 0 Å². The second kappa shape index (κ2) is 4.29. The van der Waals surface area contributed by atoms with Crippen molar-refractivity contribution in [3.63, 3.8) is 0 Å². The number of nitrogens with zero attached hydrogens (tertiary/aromatic N) is 5. The Bertz CT molecular complexity index is 579. The van der Waals surface area contributed by atoms with Crippen LogP contribution in [0.4, 0.5) is 5.82 Å². The lowest BCUT2D eigenvalue weighted by Crippen LogP contribution is -2.25. The molecule has 1 fully saturated rings. The van der Waals surface area contributed by atoms with Gasteiger partial charge in [0.25, 0.3) is 0 Å². The highest BCUT2D eigenvalue weighted by Gasteiger charge is 2.32. The molecule has 6 nitrogen and oxygen atoms in total. The molecule has 1 aliphatic carbocycles. The van der Waals surface area contributed by atoms with Gasteiger partial charge in [0.15, 0.2) is 0 Å². The van der Waals surface area contributed by atoms with Gasteiger partial charge in [-0.25, -0.2) is 15.0 Å². The first-order valence-corrected chi connectivity index (χ1v) is 6.88. The van der Waals surface area contributed by atoms with Gasteiger partial charge in [-0.1, -0.05) is 0 Å². The third kappa shape index (κ3) is 1.70. The van der Waals surface area contributed by atoms with E-state index in [0.717, 1.165) is 37.4 Å². The van der Waals surface area contributed by atoms with Crippen molar-refractivity contribution >= 4 is 5.82 Å². The maximum absolute atomic E-state index is 4.55. The molecule has 0 radical (unpaired) electrons. The van der Waals surface area contributed by atoms with Gasteiger partial charge in [0, 0.05) is 17.8 Å². The van der Waals surface area contributed by atoms with E-state index in [9.17, 15) is 0 Å². The van der Waals surface area contributed by atoms with E-state index in [2.05, 4.69) is 30.0 Å². The molecule has 0 bridgehead atoms. The van der Waals surface area contributed by atoms with Crippen LogP contribution in [0.1, 0.15) is 42.4 Å². The lowest BCUT2D eigenvalue weighted by atomic mass is 10.2. The Morgan fingerprint density at radius 2 is 2.11 bits per heavy atom. The molecule has 19 heavy (non-hydrogen) atoms. The minimum atomic E-state index is 0.280. The van der Waals surface area contributed by atoms with Crippen LogP contribution in [0.3, 0.4) is 0 Å². The van der Waals surface area contributed by atoms with Crippen LogP contribution < -0.4 is 4.90 Å². The topological polar surface area (TPSA) is 70.6 Å². The monoisotopic (exact) mass is 256 g/mol. The summed E-state index contributed by atoms with van der Waals surface area (Å²) in [6.07, 6.45) is 8.95. The van der Waals surface area contributed by atoms with E-state index in [1.54, 1.807) is 12.7 Å². The fourth-order valence-electron chi connectivity index (χ4n) is 3.27. The first-order valence-electron chi connectivity index (χ1n) is 6.88. The lowest BCUT2D eigenvalue weighted by Gasteiger charge is -2.25. The van der Waals surface area contributed by atoms with Crippen LogP contribution >= 0.6 is 0 Å². The van der Waals surface area contributed by atoms with Crippen LogP contribution in [0.5, 0.6) is 0 Å². The molecule has 98 valence electrons. The molecule has 0 amide bonds. The first kappa shape index (κ1) is 10.9. The molecule has 2 aromatic rings. The number of fused-ring (bicyclic) bond motifs is 1. The van der Waals surface area contributed by atoms with Crippen molar-refractivity contribution in [3.05, 3.63) is 29.7 Å². The van der Waals surface area contributed by atoms with Gasteiger partial charge in [-0.2, -0.15) is 5.10 Å². The molecule has 1 saturated heterocycles. The normalized spacial score (nSPS) is 21.9. The fraction of sp³-hybridized carbons (Fsp3) is 0.538. The van der Waals surface area contributed by atoms with Crippen molar-refractivity contribution in [2.24, 2.45) is 0 Å². The molecule has 2 aromatic heterocycles. The minimum absolute atomic E-state index is 0.280. The number of hydrogen-bond donors (Lipinski definition) is 1. The Kier molecular flexibility index (Phi) is 2.46. The average molecular weight is 256 g/mol. The van der Waals surface area contributed by atoms with Gasteiger partial charge in [0.1, 0.15) is 24.3 Å². The number of H-pyrrole nitrogens is 1. The predicted molar refractivity (Wildman–Crippen MR) is 69.8 cm³/mol. The van der Waals surface area contributed by atoms with Crippen molar-refractivity contribution in [3.8, 4) is 0 Å². The van der Waals surface area contributed by atoms with E-state index in [0.29, 0.717) is 0 Å². The smallest absolute Gasteiger partial charge is 0.147 e. The lowest BCUT2D eigenvalue weighted by molar-refractivity contribution is 0.660. The van der Waals surface area contributed by atoms with Crippen LogP contribution in [0.25, 0.3) is 0 Å². The molecule has 1 atom stereocenters. The van der Waals surface area contributed by atoms with Gasteiger partial charge < -0.3 is 4.90 Å². The third-order valence-corrected chi connectivity index (χ3v) is 4.13. The molecule has 4 rings (SSSR count). The van der Waals surface area contributed by atoms with Gasteiger partial charge in [0.05, 0.1) is 6.04 Å². The summed E-state index contributed by atoms with van der Waals surface area (Å²) in [4.78, 5) is 15.6. The first-order chi connectivity index (χ1) is 9.43. The molecule has 0 saturated carbocycles. The summed E-state index contributed by atoms with van der Waals surface area (Å²) in [5.41, 5.74) is 2.57. The van der Waals surface area contributed by atoms with E-state index in [-0.39, 0.29) is 6.04 Å². The summed E-state index contributed by atoms with van der Waals surface area (Å²) in [5.74, 6) is 2.06. The number of hydrogen-bond acceptors (Lipinski definition) is 5. The highest BCUT2D eigenvalue weighted by molar-refractivity contribution is 5.52. The average Bonchev–Trinajstić information content (AvgIpc) is 3.18. The van der Waals surface area contributed by atoms with Crippen molar-refractivity contribution < 1.29 is 0 Å². The molecule has 3 heterocycles. The van der Waals surface area contributed by atoms with E-state index in [1.807, 2.05) is 0 Å². The summed E-state index contributed by atoms with van der Waals surface area (Å²) in [7, 11) is 0. The van der Waals surface area contributed by atoms with E-state index < -0.39 is 0 Å². The molecule has 0 aromatic carbocycles. The summed E-state index contributed by atoms with van der Waals surface area (Å²) in [5, 5.41) is 6.97. The SMILES string of the molecule is c1n[nH]c([C@@H]2CCCN2c2ncnc3c2CCC3)n1. The van der Waals surface area contributed by atoms with Gasteiger partial charge in [0.2, 0.25) is 0 Å². The quantitative estimate of drug-likeness (QED) is 0.880. The zero-order valence-electron chi connectivity index (χ0n) is 10.7. The zero-order valence-corrected chi connectivity index (χ0v) is 10.7. The molecule has 1 N–H and O–H groups in total. The van der Waals surface area contributed by atoms with Crippen molar-refractivity contribution in [1.29, 1.82) is 0 Å². The number of aromatic amines is 1. The summed E-state index contributed by atoms with van der Waals surface area (Å²) in [6.45, 7) is 1.04. The second-order valence-corrected chi connectivity index (χ2v) is 5.20. The Labute approximate surface area is 111 Å². The predicted octanol–water partition coefficient (Wildman–Crippen LogP) is 1.42. The molecule has 0 spiro atoms. The summed E-state index contributed by atoms with van der Waals surface area (Å²) in [6, 6.07) is 0.280. The molecule has 0 unspecified atom stereocenters. The van der Waals surface area contributed by atoms with E-state index in [1.165, 1.54) is 24.1 Å². The number of aromatic nitrogens is 5. The maximum Gasteiger partial charge on any atom is 0.147 e. The highest BCUT2D eigenvalue weighted by Crippen LogP contribution is 2.37. The largest absolute Gasteiger partial charge is 0.346 e. The van der Waals surface area contributed by atoms with Crippen molar-refractivity contribution in [2.75, 3.05) is 11.4 Å². The van der Waals surface area contributed by atoms with E-state index in [4.69, 9.17) is 0 Å². The highest BCUT2D eigenvalue weighted by atomic mass is 15.3. The van der Waals surface area contributed by atoms with Crippen LogP contribution in [-0.2, 0) is 12.8 Å². The molecule has 6 heteroatoms. The molecule has 2 aliphatic rings. The number of anilines is 1. The number of nitrogens with one attached hydrogen (secondary N) is 1. The minimum Gasteiger partial charge on any atom is -0.346 e. The van der Waals surface area contributed by atoms with Crippen molar-refractivity contribution in [2.45, 2.75) is 38.1 Å². The Morgan fingerprint density at radius 3 is 3.00 bits per heavy atom. The zero-order chi connectivity index (χ0) is 12.7. The second-order valence-electron chi connectivity index (χ2n) is 5.20. The van der Waals surface area contributed by atoms with Crippen LogP contribution in [-0.4, -0.2) is 31.7 Å².